The third kappa shape index (κ3) is 3.88. The van der Waals surface area contributed by atoms with Crippen LogP contribution in [-0.4, -0.2) is 5.97 Å². The van der Waals surface area contributed by atoms with Crippen molar-refractivity contribution in [1.82, 2.24) is 0 Å². The van der Waals surface area contributed by atoms with E-state index in [2.05, 4.69) is 0 Å². The fourth-order valence-corrected chi connectivity index (χ4v) is 2.63. The molecule has 3 aromatic rings. The molecule has 0 spiro atoms. The fraction of sp³-hybridized carbons (Fsp3) is 0.0435. The van der Waals surface area contributed by atoms with Gasteiger partial charge in [-0.05, 0) is 30.2 Å². The fourth-order valence-electron chi connectivity index (χ4n) is 2.63. The number of ether oxygens (including phenoxy) is 1. The molecule has 0 atom stereocenters. The van der Waals surface area contributed by atoms with E-state index >= 15 is 0 Å². The van der Waals surface area contributed by atoms with E-state index in [9.17, 15) is 10.1 Å². The molecule has 126 valence electrons. The summed E-state index contributed by atoms with van der Waals surface area (Å²) in [5.41, 5.74) is 3.18. The number of rotatable bonds is 4. The van der Waals surface area contributed by atoms with Crippen molar-refractivity contribution >= 4 is 11.5 Å². The van der Waals surface area contributed by atoms with Gasteiger partial charge in [-0.2, -0.15) is 5.26 Å². The van der Waals surface area contributed by atoms with Crippen LogP contribution >= 0.6 is 0 Å². The zero-order valence-corrected chi connectivity index (χ0v) is 14.3. The van der Waals surface area contributed by atoms with Crippen molar-refractivity contribution in [3.8, 4) is 11.8 Å². The van der Waals surface area contributed by atoms with Crippen molar-refractivity contribution in [3.63, 3.8) is 0 Å². The zero-order chi connectivity index (χ0) is 18.4. The number of hydrogen-bond acceptors (Lipinski definition) is 3. The van der Waals surface area contributed by atoms with Crippen molar-refractivity contribution in [1.29, 1.82) is 5.26 Å². The van der Waals surface area contributed by atoms with Crippen molar-refractivity contribution in [3.05, 3.63) is 107 Å². The number of aryl methyl sites for hydroxylation is 1. The van der Waals surface area contributed by atoms with Crippen molar-refractivity contribution in [2.45, 2.75) is 6.92 Å². The van der Waals surface area contributed by atoms with Crippen LogP contribution in [0.15, 0.2) is 90.5 Å². The zero-order valence-electron chi connectivity index (χ0n) is 14.3. The van der Waals surface area contributed by atoms with Gasteiger partial charge in [0, 0.05) is 5.57 Å². The first-order chi connectivity index (χ1) is 12.7. The predicted molar refractivity (Wildman–Crippen MR) is 101 cm³/mol. The summed E-state index contributed by atoms with van der Waals surface area (Å²) in [6.45, 7) is 1.95. The lowest BCUT2D eigenvalue weighted by atomic mass is 9.93. The maximum absolute atomic E-state index is 12.7. The molecule has 0 unspecified atom stereocenters. The summed E-state index contributed by atoms with van der Waals surface area (Å²) in [4.78, 5) is 12.7. The average molecular weight is 339 g/mol. The van der Waals surface area contributed by atoms with Crippen LogP contribution in [0.2, 0.25) is 0 Å². The molecule has 0 fully saturated rings. The van der Waals surface area contributed by atoms with Crippen LogP contribution in [0.1, 0.15) is 16.7 Å². The van der Waals surface area contributed by atoms with Crippen LogP contribution in [0.4, 0.5) is 0 Å². The van der Waals surface area contributed by atoms with Gasteiger partial charge < -0.3 is 4.74 Å². The van der Waals surface area contributed by atoms with Crippen molar-refractivity contribution < 1.29 is 9.53 Å². The Morgan fingerprint density at radius 1 is 0.808 bits per heavy atom. The first-order valence-electron chi connectivity index (χ1n) is 8.23. The molecule has 0 heterocycles. The Bertz CT molecular complexity index is 925. The summed E-state index contributed by atoms with van der Waals surface area (Å²) in [6.07, 6.45) is 0. The molecule has 0 saturated carbocycles. The maximum Gasteiger partial charge on any atom is 0.354 e. The van der Waals surface area contributed by atoms with E-state index in [1.165, 1.54) is 0 Å². The lowest BCUT2D eigenvalue weighted by Crippen LogP contribution is -2.12. The Morgan fingerprint density at radius 2 is 1.31 bits per heavy atom. The molecular formula is C23H17NO2. The molecule has 3 aromatic carbocycles. The number of esters is 1. The first-order valence-corrected chi connectivity index (χ1v) is 8.23. The highest BCUT2D eigenvalue weighted by atomic mass is 16.5. The highest BCUT2D eigenvalue weighted by molar-refractivity contribution is 6.06. The smallest absolute Gasteiger partial charge is 0.354 e. The number of carbonyl (C=O) groups is 1. The highest BCUT2D eigenvalue weighted by Crippen LogP contribution is 2.28. The van der Waals surface area contributed by atoms with Crippen LogP contribution in [0.5, 0.6) is 5.75 Å². The first kappa shape index (κ1) is 17.2. The number of benzene rings is 3. The van der Waals surface area contributed by atoms with Gasteiger partial charge in [0.05, 0.1) is 0 Å². The monoisotopic (exact) mass is 339 g/mol. The quantitative estimate of drug-likeness (QED) is 0.293. The number of carbonyl (C=O) groups excluding carboxylic acids is 1. The second-order valence-electron chi connectivity index (χ2n) is 5.80. The molecule has 0 N–H and O–H groups in total. The molecule has 0 aliphatic carbocycles. The number of hydrogen-bond donors (Lipinski definition) is 0. The van der Waals surface area contributed by atoms with Crippen molar-refractivity contribution in [2.75, 3.05) is 0 Å². The lowest BCUT2D eigenvalue weighted by Gasteiger charge is -2.11. The van der Waals surface area contributed by atoms with Gasteiger partial charge in [0.25, 0.3) is 0 Å². The van der Waals surface area contributed by atoms with Gasteiger partial charge in [0.15, 0.2) is 0 Å². The average Bonchev–Trinajstić information content (AvgIpc) is 2.69. The van der Waals surface area contributed by atoms with E-state index in [-0.39, 0.29) is 5.57 Å². The molecule has 3 rings (SSSR count). The third-order valence-corrected chi connectivity index (χ3v) is 3.92. The van der Waals surface area contributed by atoms with Gasteiger partial charge in [-0.15, -0.1) is 0 Å². The normalized spacial score (nSPS) is 9.85. The van der Waals surface area contributed by atoms with E-state index in [1.54, 1.807) is 12.1 Å². The largest absolute Gasteiger partial charge is 0.422 e. The summed E-state index contributed by atoms with van der Waals surface area (Å²) in [7, 11) is 0. The minimum Gasteiger partial charge on any atom is -0.422 e. The lowest BCUT2D eigenvalue weighted by molar-refractivity contribution is -0.129. The van der Waals surface area contributed by atoms with Crippen LogP contribution in [-0.2, 0) is 4.79 Å². The van der Waals surface area contributed by atoms with Crippen LogP contribution in [0.3, 0.4) is 0 Å². The Hall–Kier alpha value is -3.64. The summed E-state index contributed by atoms with van der Waals surface area (Å²) in [5, 5.41) is 9.70. The van der Waals surface area contributed by atoms with Gasteiger partial charge >= 0.3 is 5.97 Å². The summed E-state index contributed by atoms with van der Waals surface area (Å²) in [6, 6.07) is 27.9. The molecule has 0 amide bonds. The summed E-state index contributed by atoms with van der Waals surface area (Å²) in [5.74, 6) is -0.257. The highest BCUT2D eigenvalue weighted by Gasteiger charge is 2.20. The van der Waals surface area contributed by atoms with Crippen LogP contribution in [0, 0.1) is 18.3 Å². The van der Waals surface area contributed by atoms with E-state index < -0.39 is 5.97 Å². The molecule has 0 saturated heterocycles. The molecule has 3 nitrogen and oxygen atoms in total. The van der Waals surface area contributed by atoms with Gasteiger partial charge in [0.2, 0.25) is 0 Å². The minimum absolute atomic E-state index is 0.0250. The van der Waals surface area contributed by atoms with Gasteiger partial charge in [-0.1, -0.05) is 78.4 Å². The SMILES string of the molecule is Cc1ccc(OC(=O)C(C#N)=C(c2ccccc2)c2ccccc2)cc1. The molecule has 0 radical (unpaired) electrons. The van der Waals surface area contributed by atoms with Crippen LogP contribution in [0.25, 0.3) is 5.57 Å². The Morgan fingerprint density at radius 3 is 1.77 bits per heavy atom. The minimum atomic E-state index is -0.668. The molecular weight excluding hydrogens is 322 g/mol. The topological polar surface area (TPSA) is 50.1 Å². The standard InChI is InChI=1S/C23H17NO2/c1-17-12-14-20(15-13-17)26-23(25)21(16-24)22(18-8-4-2-5-9-18)19-10-6-3-7-11-19/h2-15H,1H3. The van der Waals surface area contributed by atoms with E-state index in [0.29, 0.717) is 11.3 Å². The molecule has 0 aliphatic heterocycles. The van der Waals surface area contributed by atoms with Crippen molar-refractivity contribution in [2.24, 2.45) is 0 Å². The molecule has 0 aromatic heterocycles. The van der Waals surface area contributed by atoms with E-state index in [1.807, 2.05) is 85.8 Å². The molecule has 26 heavy (non-hydrogen) atoms. The van der Waals surface area contributed by atoms with Crippen LogP contribution < -0.4 is 4.74 Å². The van der Waals surface area contributed by atoms with Gasteiger partial charge in [0.1, 0.15) is 17.4 Å². The van der Waals surface area contributed by atoms with Gasteiger partial charge in [-0.3, -0.25) is 0 Å². The predicted octanol–water partition coefficient (Wildman–Crippen LogP) is 4.93. The summed E-state index contributed by atoms with van der Waals surface area (Å²) >= 11 is 0. The summed E-state index contributed by atoms with van der Waals surface area (Å²) < 4.78 is 5.43. The number of nitrogens with zero attached hydrogens (tertiary/aromatic N) is 1. The third-order valence-electron chi connectivity index (χ3n) is 3.92. The van der Waals surface area contributed by atoms with E-state index in [4.69, 9.17) is 4.74 Å². The molecule has 0 bridgehead atoms. The Labute approximate surface area is 152 Å². The molecule has 0 aliphatic rings. The Balaban J connectivity index is 2.08. The van der Waals surface area contributed by atoms with Gasteiger partial charge in [-0.25, -0.2) is 4.79 Å². The second-order valence-corrected chi connectivity index (χ2v) is 5.80. The maximum atomic E-state index is 12.7. The van der Waals surface area contributed by atoms with E-state index in [0.717, 1.165) is 16.7 Å². The number of nitriles is 1. The molecule has 3 heteroatoms. The second kappa shape index (κ2) is 7.96. The Kier molecular flexibility index (Phi) is 5.26.